The number of amides is 1. The van der Waals surface area contributed by atoms with E-state index < -0.39 is 0 Å². The van der Waals surface area contributed by atoms with Crippen molar-refractivity contribution in [1.29, 1.82) is 0 Å². The van der Waals surface area contributed by atoms with Crippen LogP contribution < -0.4 is 5.32 Å². The van der Waals surface area contributed by atoms with Crippen molar-refractivity contribution >= 4 is 27.5 Å². The van der Waals surface area contributed by atoms with Crippen LogP contribution in [0.1, 0.15) is 35.3 Å². The normalized spacial score (nSPS) is 15.3. The number of aryl methyl sites for hydroxylation is 2. The van der Waals surface area contributed by atoms with Crippen molar-refractivity contribution in [2.45, 2.75) is 32.2 Å². The van der Waals surface area contributed by atoms with Crippen molar-refractivity contribution in [2.75, 3.05) is 26.2 Å². The van der Waals surface area contributed by atoms with Gasteiger partial charge in [-0.25, -0.2) is 0 Å². The Morgan fingerprint density at radius 3 is 2.67 bits per heavy atom. The zero-order valence-corrected chi connectivity index (χ0v) is 16.5. The second kappa shape index (κ2) is 8.72. The fourth-order valence-electron chi connectivity index (χ4n) is 3.89. The Bertz CT molecular complexity index is 877. The highest BCUT2D eigenvalue weighted by Crippen LogP contribution is 2.25. The van der Waals surface area contributed by atoms with Crippen LogP contribution >= 0.6 is 11.3 Å². The molecule has 1 aliphatic rings. The summed E-state index contributed by atoms with van der Waals surface area (Å²) in [7, 11) is 0. The van der Waals surface area contributed by atoms with Crippen LogP contribution in [-0.4, -0.2) is 41.6 Å². The van der Waals surface area contributed by atoms with E-state index in [-0.39, 0.29) is 5.91 Å². The van der Waals surface area contributed by atoms with Crippen LogP contribution in [0.2, 0.25) is 0 Å². The summed E-state index contributed by atoms with van der Waals surface area (Å²) in [5.74, 6) is 0.0449. The maximum atomic E-state index is 12.8. The van der Waals surface area contributed by atoms with Gasteiger partial charge in [-0.15, -0.1) is 11.3 Å². The van der Waals surface area contributed by atoms with Gasteiger partial charge in [0.05, 0.1) is 10.2 Å². The first-order valence-corrected chi connectivity index (χ1v) is 10.8. The van der Waals surface area contributed by atoms with Gasteiger partial charge in [0.1, 0.15) is 5.69 Å². The van der Waals surface area contributed by atoms with Crippen molar-refractivity contribution in [3.8, 4) is 0 Å². The van der Waals surface area contributed by atoms with E-state index in [4.69, 9.17) is 0 Å². The van der Waals surface area contributed by atoms with Gasteiger partial charge in [-0.2, -0.15) is 0 Å². The van der Waals surface area contributed by atoms with E-state index in [1.54, 1.807) is 11.3 Å². The average molecular weight is 382 g/mol. The minimum Gasteiger partial charge on any atom is -0.349 e. The van der Waals surface area contributed by atoms with Gasteiger partial charge in [0.15, 0.2) is 0 Å². The largest absolute Gasteiger partial charge is 0.349 e. The second-order valence-electron chi connectivity index (χ2n) is 7.25. The number of nitrogens with zero attached hydrogens (tertiary/aromatic N) is 2. The van der Waals surface area contributed by atoms with Gasteiger partial charge in [0.2, 0.25) is 0 Å². The van der Waals surface area contributed by atoms with Gasteiger partial charge >= 0.3 is 0 Å². The van der Waals surface area contributed by atoms with Crippen LogP contribution in [0.15, 0.2) is 47.8 Å². The molecular weight excluding hydrogens is 354 g/mol. The Morgan fingerprint density at radius 1 is 1.04 bits per heavy atom. The lowest BCUT2D eigenvalue weighted by atomic mass is 10.1. The van der Waals surface area contributed by atoms with E-state index in [9.17, 15) is 4.79 Å². The van der Waals surface area contributed by atoms with Gasteiger partial charge in [0.25, 0.3) is 5.91 Å². The molecule has 1 N–H and O–H groups in total. The summed E-state index contributed by atoms with van der Waals surface area (Å²) in [6.07, 6.45) is 4.84. The Morgan fingerprint density at radius 2 is 1.85 bits per heavy atom. The third kappa shape index (κ3) is 4.42. The molecule has 0 radical (unpaired) electrons. The fraction of sp³-hybridized carbons (Fsp3) is 0.409. The summed E-state index contributed by atoms with van der Waals surface area (Å²) in [6, 6.07) is 14.6. The minimum atomic E-state index is 0.0449. The molecule has 142 valence electrons. The molecule has 1 saturated heterocycles. The molecule has 1 aliphatic heterocycles. The van der Waals surface area contributed by atoms with Crippen LogP contribution in [-0.2, 0) is 13.0 Å². The lowest BCUT2D eigenvalue weighted by Crippen LogP contribution is -2.38. The molecule has 1 amide bonds. The van der Waals surface area contributed by atoms with Gasteiger partial charge in [-0.05, 0) is 55.4 Å². The highest BCUT2D eigenvalue weighted by molar-refractivity contribution is 7.17. The number of thiophene rings is 1. The zero-order valence-electron chi connectivity index (χ0n) is 15.7. The number of piperidine rings is 1. The monoisotopic (exact) mass is 381 g/mol. The maximum Gasteiger partial charge on any atom is 0.268 e. The van der Waals surface area contributed by atoms with Crippen molar-refractivity contribution in [3.05, 3.63) is 59.1 Å². The van der Waals surface area contributed by atoms with E-state index >= 15 is 0 Å². The molecule has 0 saturated carbocycles. The quantitative estimate of drug-likeness (QED) is 0.667. The second-order valence-corrected chi connectivity index (χ2v) is 8.19. The third-order valence-electron chi connectivity index (χ3n) is 5.38. The number of carbonyl (C=O) groups excluding carboxylic acids is 1. The SMILES string of the molecule is O=C(NCCN1CCCCC1)c1cc2sccc2n1CCc1ccccc1. The number of rotatable bonds is 7. The topological polar surface area (TPSA) is 37.3 Å². The van der Waals surface area contributed by atoms with Crippen LogP contribution in [0.5, 0.6) is 0 Å². The lowest BCUT2D eigenvalue weighted by Gasteiger charge is -2.26. The van der Waals surface area contributed by atoms with Crippen LogP contribution in [0.4, 0.5) is 0 Å². The summed E-state index contributed by atoms with van der Waals surface area (Å²) in [4.78, 5) is 15.3. The molecule has 3 aromatic rings. The number of benzene rings is 1. The molecular formula is C22H27N3OS. The Labute approximate surface area is 164 Å². The number of hydrogen-bond acceptors (Lipinski definition) is 3. The number of hydrogen-bond donors (Lipinski definition) is 1. The number of carbonyl (C=O) groups is 1. The predicted octanol–water partition coefficient (Wildman–Crippen LogP) is 4.16. The van der Waals surface area contributed by atoms with Gasteiger partial charge in [-0.3, -0.25) is 4.79 Å². The van der Waals surface area contributed by atoms with E-state index in [2.05, 4.69) is 50.5 Å². The highest BCUT2D eigenvalue weighted by atomic mass is 32.1. The van der Waals surface area contributed by atoms with Crippen molar-refractivity contribution < 1.29 is 4.79 Å². The maximum absolute atomic E-state index is 12.8. The molecule has 0 spiro atoms. The van der Waals surface area contributed by atoms with E-state index in [1.165, 1.54) is 42.6 Å². The molecule has 1 aromatic carbocycles. The summed E-state index contributed by atoms with van der Waals surface area (Å²) in [5, 5.41) is 5.24. The summed E-state index contributed by atoms with van der Waals surface area (Å²) >= 11 is 1.70. The average Bonchev–Trinajstić information content (AvgIpc) is 3.29. The fourth-order valence-corrected chi connectivity index (χ4v) is 4.72. The van der Waals surface area contributed by atoms with Crippen molar-refractivity contribution in [1.82, 2.24) is 14.8 Å². The summed E-state index contributed by atoms with van der Waals surface area (Å²) < 4.78 is 3.36. The number of likely N-dealkylation sites (tertiary alicyclic amines) is 1. The number of fused-ring (bicyclic) bond motifs is 1. The van der Waals surface area contributed by atoms with Gasteiger partial charge in [0, 0.05) is 19.6 Å². The van der Waals surface area contributed by atoms with E-state index in [1.807, 2.05) is 12.1 Å². The Kier molecular flexibility index (Phi) is 5.90. The number of nitrogens with one attached hydrogen (secondary N) is 1. The van der Waals surface area contributed by atoms with Crippen LogP contribution in [0.25, 0.3) is 10.2 Å². The Hall–Kier alpha value is -2.11. The first-order chi connectivity index (χ1) is 13.3. The third-order valence-corrected chi connectivity index (χ3v) is 6.24. The van der Waals surface area contributed by atoms with E-state index in [0.717, 1.165) is 37.3 Å². The molecule has 0 unspecified atom stereocenters. The predicted molar refractivity (Wildman–Crippen MR) is 113 cm³/mol. The van der Waals surface area contributed by atoms with Gasteiger partial charge < -0.3 is 14.8 Å². The molecule has 5 heteroatoms. The molecule has 3 heterocycles. The highest BCUT2D eigenvalue weighted by Gasteiger charge is 2.17. The summed E-state index contributed by atoms with van der Waals surface area (Å²) in [5.41, 5.74) is 3.24. The van der Waals surface area contributed by atoms with E-state index in [0.29, 0.717) is 0 Å². The standard InChI is InChI=1S/C22H27N3OS/c26-22(23-11-15-24-12-5-2-6-13-24)20-17-21-19(10-16-27-21)25(20)14-9-18-7-3-1-4-8-18/h1,3-4,7-8,10,16-17H,2,5-6,9,11-15H2,(H,23,26). The molecule has 2 aromatic heterocycles. The number of aromatic nitrogens is 1. The van der Waals surface area contributed by atoms with Crippen molar-refractivity contribution in [2.24, 2.45) is 0 Å². The molecule has 1 fully saturated rings. The smallest absolute Gasteiger partial charge is 0.268 e. The first kappa shape index (κ1) is 18.3. The minimum absolute atomic E-state index is 0.0449. The first-order valence-electron chi connectivity index (χ1n) is 9.92. The van der Waals surface area contributed by atoms with Crippen LogP contribution in [0.3, 0.4) is 0 Å². The van der Waals surface area contributed by atoms with Crippen LogP contribution in [0, 0.1) is 0 Å². The molecule has 0 aliphatic carbocycles. The molecule has 0 bridgehead atoms. The Balaban J connectivity index is 1.42. The lowest BCUT2D eigenvalue weighted by molar-refractivity contribution is 0.0937. The molecule has 27 heavy (non-hydrogen) atoms. The molecule has 4 rings (SSSR count). The summed E-state index contributed by atoms with van der Waals surface area (Å²) in [6.45, 7) is 4.82. The van der Waals surface area contributed by atoms with Crippen molar-refractivity contribution in [3.63, 3.8) is 0 Å². The molecule has 0 atom stereocenters. The van der Waals surface area contributed by atoms with Gasteiger partial charge in [-0.1, -0.05) is 36.8 Å². The molecule has 4 nitrogen and oxygen atoms in total. The zero-order chi connectivity index (χ0) is 18.5.